The van der Waals surface area contributed by atoms with Crippen LogP contribution in [0.1, 0.15) is 19.4 Å². The minimum Gasteiger partial charge on any atom is -0.486 e. The summed E-state index contributed by atoms with van der Waals surface area (Å²) in [5.41, 5.74) is 1.36. The van der Waals surface area contributed by atoms with Crippen LogP contribution >= 0.6 is 0 Å². The van der Waals surface area contributed by atoms with Gasteiger partial charge in [0, 0.05) is 22.4 Å². The minimum absolute atomic E-state index is 0.0487. The zero-order valence-electron chi connectivity index (χ0n) is 11.1. The molecule has 0 saturated carbocycles. The van der Waals surface area contributed by atoms with Crippen LogP contribution in [0.4, 0.5) is 0 Å². The maximum Gasteiger partial charge on any atom is 0.492 e. The zero-order valence-corrected chi connectivity index (χ0v) is 11.1. The molecule has 1 heterocycles. The highest BCUT2D eigenvalue weighted by molar-refractivity contribution is 6.59. The molecule has 0 radical (unpaired) electrons. The number of hydrogen-bond donors (Lipinski definition) is 2. The van der Waals surface area contributed by atoms with Crippen LogP contribution in [0.3, 0.4) is 0 Å². The largest absolute Gasteiger partial charge is 0.492 e. The Kier molecular flexibility index (Phi) is 2.80. The van der Waals surface area contributed by atoms with E-state index in [-0.39, 0.29) is 17.4 Å². The van der Waals surface area contributed by atoms with E-state index in [4.69, 9.17) is 4.74 Å². The first-order chi connectivity index (χ1) is 9.01. The van der Waals surface area contributed by atoms with Gasteiger partial charge in [0.05, 0.1) is 0 Å². The fraction of sp³-hybridized carbons (Fsp3) is 0.333. The highest BCUT2D eigenvalue weighted by Gasteiger charge is 2.43. The van der Waals surface area contributed by atoms with Gasteiger partial charge < -0.3 is 14.8 Å². The predicted octanol–water partition coefficient (Wildman–Crippen LogP) is 1.15. The summed E-state index contributed by atoms with van der Waals surface area (Å²) >= 11 is 0. The number of allylic oxidation sites excluding steroid dienone is 2. The molecule has 3 rings (SSSR count). The number of rotatable bonds is 1. The molecule has 2 N–H and O–H groups in total. The molecule has 1 aromatic carbocycles. The summed E-state index contributed by atoms with van der Waals surface area (Å²) in [6.45, 7) is 4.34. The Bertz CT molecular complexity index is 561. The molecule has 0 spiro atoms. The summed E-state index contributed by atoms with van der Waals surface area (Å²) < 4.78 is 6.01. The van der Waals surface area contributed by atoms with Crippen molar-refractivity contribution in [2.45, 2.75) is 25.4 Å². The highest BCUT2D eigenvalue weighted by Crippen LogP contribution is 2.45. The van der Waals surface area contributed by atoms with Gasteiger partial charge in [-0.25, -0.2) is 0 Å². The van der Waals surface area contributed by atoms with Crippen LogP contribution in [0.25, 0.3) is 0 Å². The van der Waals surface area contributed by atoms with Gasteiger partial charge in [-0.15, -0.1) is 0 Å². The lowest BCUT2D eigenvalue weighted by molar-refractivity contribution is 0.124. The van der Waals surface area contributed by atoms with E-state index in [9.17, 15) is 10.0 Å². The third-order valence-corrected chi connectivity index (χ3v) is 4.19. The zero-order chi connectivity index (χ0) is 13.6. The maximum atomic E-state index is 9.49. The molecule has 3 nitrogen and oxygen atoms in total. The molecule has 2 unspecified atom stereocenters. The lowest BCUT2D eigenvalue weighted by Gasteiger charge is -2.44. The number of ether oxygens (including phenoxy) is 1. The van der Waals surface area contributed by atoms with Gasteiger partial charge in [-0.05, 0) is 6.08 Å². The van der Waals surface area contributed by atoms with E-state index < -0.39 is 7.12 Å². The molecular formula is C15H17BO3. The summed E-state index contributed by atoms with van der Waals surface area (Å²) in [5, 5.41) is 19.0. The van der Waals surface area contributed by atoms with Crippen LogP contribution < -0.4 is 10.2 Å². The second-order valence-corrected chi connectivity index (χ2v) is 5.70. The average molecular weight is 256 g/mol. The standard InChI is InChI=1S/C15H17BO3/c1-15(2)10-6-3-4-9-13(10)19-14-11(15)7-5-8-12(14)16(17)18/h3-10,13,17-18H,1-2H3. The van der Waals surface area contributed by atoms with Gasteiger partial charge in [0.25, 0.3) is 0 Å². The summed E-state index contributed by atoms with van der Waals surface area (Å²) in [7, 11) is -1.51. The van der Waals surface area contributed by atoms with Crippen LogP contribution in [-0.2, 0) is 5.41 Å². The molecule has 0 amide bonds. The molecule has 0 aromatic heterocycles. The normalized spacial score (nSPS) is 26.3. The minimum atomic E-state index is -1.51. The smallest absolute Gasteiger partial charge is 0.486 e. The number of para-hydroxylation sites is 1. The van der Waals surface area contributed by atoms with Crippen LogP contribution in [-0.4, -0.2) is 23.3 Å². The summed E-state index contributed by atoms with van der Waals surface area (Å²) in [6, 6.07) is 5.55. The molecule has 2 aliphatic rings. The van der Waals surface area contributed by atoms with Gasteiger partial charge in [-0.2, -0.15) is 0 Å². The van der Waals surface area contributed by atoms with E-state index in [1.165, 1.54) is 0 Å². The van der Waals surface area contributed by atoms with Gasteiger partial charge in [-0.3, -0.25) is 0 Å². The van der Waals surface area contributed by atoms with Gasteiger partial charge in [0.1, 0.15) is 11.9 Å². The van der Waals surface area contributed by atoms with E-state index in [2.05, 4.69) is 19.9 Å². The topological polar surface area (TPSA) is 49.7 Å². The first kappa shape index (κ1) is 12.5. The molecule has 98 valence electrons. The highest BCUT2D eigenvalue weighted by atomic mass is 16.5. The van der Waals surface area contributed by atoms with Crippen molar-refractivity contribution < 1.29 is 14.8 Å². The summed E-state index contributed by atoms with van der Waals surface area (Å²) in [5.74, 6) is 0.875. The van der Waals surface area contributed by atoms with Crippen molar-refractivity contribution >= 4 is 12.6 Å². The van der Waals surface area contributed by atoms with Crippen LogP contribution in [0, 0.1) is 5.92 Å². The van der Waals surface area contributed by atoms with Gasteiger partial charge in [-0.1, -0.05) is 50.3 Å². The van der Waals surface area contributed by atoms with Gasteiger partial charge in [0.2, 0.25) is 0 Å². The molecule has 1 aliphatic heterocycles. The van der Waals surface area contributed by atoms with Crippen molar-refractivity contribution in [3.05, 3.63) is 48.1 Å². The second-order valence-electron chi connectivity index (χ2n) is 5.70. The summed E-state index contributed by atoms with van der Waals surface area (Å²) in [4.78, 5) is 0. The average Bonchev–Trinajstić information content (AvgIpc) is 2.38. The van der Waals surface area contributed by atoms with Crippen molar-refractivity contribution in [3.8, 4) is 5.75 Å². The third kappa shape index (κ3) is 1.83. The van der Waals surface area contributed by atoms with Crippen molar-refractivity contribution in [1.29, 1.82) is 0 Å². The Labute approximate surface area is 113 Å². The van der Waals surface area contributed by atoms with E-state index >= 15 is 0 Å². The SMILES string of the molecule is CC1(C)c2cccc(B(O)O)c2OC2C=CC=CC21. The first-order valence-corrected chi connectivity index (χ1v) is 6.53. The quantitative estimate of drug-likeness (QED) is 0.741. The monoisotopic (exact) mass is 256 g/mol. The maximum absolute atomic E-state index is 9.49. The predicted molar refractivity (Wildman–Crippen MR) is 75.5 cm³/mol. The molecule has 4 heteroatoms. The molecule has 1 aliphatic carbocycles. The Morgan fingerprint density at radius 3 is 2.63 bits per heavy atom. The number of benzene rings is 1. The fourth-order valence-corrected chi connectivity index (χ4v) is 3.06. The molecule has 0 bridgehead atoms. The molecule has 0 fully saturated rings. The van der Waals surface area contributed by atoms with Crippen LogP contribution in [0.15, 0.2) is 42.5 Å². The van der Waals surface area contributed by atoms with E-state index in [1.54, 1.807) is 6.07 Å². The number of hydrogen-bond acceptors (Lipinski definition) is 3. The van der Waals surface area contributed by atoms with E-state index in [1.807, 2.05) is 30.4 Å². The fourth-order valence-electron chi connectivity index (χ4n) is 3.06. The first-order valence-electron chi connectivity index (χ1n) is 6.53. The molecule has 19 heavy (non-hydrogen) atoms. The molecule has 1 aromatic rings. The van der Waals surface area contributed by atoms with Gasteiger partial charge >= 0.3 is 7.12 Å². The Morgan fingerprint density at radius 1 is 1.16 bits per heavy atom. The van der Waals surface area contributed by atoms with E-state index in [0.29, 0.717) is 11.2 Å². The van der Waals surface area contributed by atoms with Crippen LogP contribution in [0.2, 0.25) is 0 Å². The molecule has 0 saturated heterocycles. The Hall–Kier alpha value is -1.52. The summed E-state index contributed by atoms with van der Waals surface area (Å²) in [6.07, 6.45) is 8.15. The van der Waals surface area contributed by atoms with Crippen molar-refractivity contribution in [2.75, 3.05) is 0 Å². The third-order valence-electron chi connectivity index (χ3n) is 4.19. The molecule has 2 atom stereocenters. The Morgan fingerprint density at radius 2 is 1.89 bits per heavy atom. The lowest BCUT2D eigenvalue weighted by Crippen LogP contribution is -2.46. The van der Waals surface area contributed by atoms with Crippen molar-refractivity contribution in [1.82, 2.24) is 0 Å². The number of fused-ring (bicyclic) bond motifs is 2. The Balaban J connectivity index is 2.18. The van der Waals surface area contributed by atoms with Crippen molar-refractivity contribution in [3.63, 3.8) is 0 Å². The lowest BCUT2D eigenvalue weighted by atomic mass is 9.65. The van der Waals surface area contributed by atoms with E-state index in [0.717, 1.165) is 5.56 Å². The van der Waals surface area contributed by atoms with Gasteiger partial charge in [0.15, 0.2) is 0 Å². The van der Waals surface area contributed by atoms with Crippen LogP contribution in [0.5, 0.6) is 5.75 Å². The molecular weight excluding hydrogens is 239 g/mol. The van der Waals surface area contributed by atoms with Crippen molar-refractivity contribution in [2.24, 2.45) is 5.92 Å². The second kappa shape index (κ2) is 4.25.